The van der Waals surface area contributed by atoms with Crippen molar-refractivity contribution in [3.05, 3.63) is 18.0 Å². The standard InChI is InChI=1S/C16H23N3O3/c17-5-3-1-2-4-16-18-12-10-14-15(22-9-8-21-14)11-13(12)19(16)6-7-20/h10-11,20H,1-9,17H2. The molecule has 0 saturated heterocycles. The van der Waals surface area contributed by atoms with E-state index in [0.717, 1.165) is 60.6 Å². The Bertz CT molecular complexity index is 639. The molecule has 2 aromatic rings. The zero-order valence-electron chi connectivity index (χ0n) is 12.8. The van der Waals surface area contributed by atoms with Gasteiger partial charge in [-0.05, 0) is 19.4 Å². The lowest BCUT2D eigenvalue weighted by Crippen LogP contribution is -2.15. The molecule has 2 heterocycles. The first-order valence-electron chi connectivity index (χ1n) is 7.93. The second kappa shape index (κ2) is 6.98. The van der Waals surface area contributed by atoms with Crippen LogP contribution in [0.1, 0.15) is 25.1 Å². The molecule has 0 atom stereocenters. The van der Waals surface area contributed by atoms with Gasteiger partial charge >= 0.3 is 0 Å². The predicted octanol–water partition coefficient (Wildman–Crippen LogP) is 1.47. The SMILES string of the molecule is NCCCCCc1nc2cc3c(cc2n1CCO)OCCO3. The van der Waals surface area contributed by atoms with Gasteiger partial charge in [-0.3, -0.25) is 0 Å². The summed E-state index contributed by atoms with van der Waals surface area (Å²) < 4.78 is 13.3. The topological polar surface area (TPSA) is 82.5 Å². The molecule has 120 valence electrons. The first kappa shape index (κ1) is 15.1. The van der Waals surface area contributed by atoms with Gasteiger partial charge in [0.05, 0.1) is 17.6 Å². The van der Waals surface area contributed by atoms with Gasteiger partial charge in [-0.15, -0.1) is 0 Å². The van der Waals surface area contributed by atoms with Crippen molar-refractivity contribution in [2.75, 3.05) is 26.4 Å². The number of aromatic nitrogens is 2. The van der Waals surface area contributed by atoms with Crippen LogP contribution in [-0.4, -0.2) is 41.0 Å². The largest absolute Gasteiger partial charge is 0.486 e. The van der Waals surface area contributed by atoms with Crippen LogP contribution in [0.3, 0.4) is 0 Å². The lowest BCUT2D eigenvalue weighted by molar-refractivity contribution is 0.172. The molecule has 0 saturated carbocycles. The van der Waals surface area contributed by atoms with Crippen LogP contribution in [0.5, 0.6) is 11.5 Å². The van der Waals surface area contributed by atoms with Gasteiger partial charge in [0.2, 0.25) is 0 Å². The minimum Gasteiger partial charge on any atom is -0.486 e. The Kier molecular flexibility index (Phi) is 4.80. The maximum absolute atomic E-state index is 9.35. The zero-order chi connectivity index (χ0) is 15.4. The van der Waals surface area contributed by atoms with Gasteiger partial charge < -0.3 is 24.9 Å². The van der Waals surface area contributed by atoms with Gasteiger partial charge in [-0.25, -0.2) is 4.98 Å². The van der Waals surface area contributed by atoms with Crippen LogP contribution in [0.4, 0.5) is 0 Å². The lowest BCUT2D eigenvalue weighted by Gasteiger charge is -2.18. The summed E-state index contributed by atoms with van der Waals surface area (Å²) in [5.74, 6) is 2.51. The second-order valence-corrected chi connectivity index (χ2v) is 5.49. The third kappa shape index (κ3) is 3.03. The number of unbranched alkanes of at least 4 members (excludes halogenated alkanes) is 2. The van der Waals surface area contributed by atoms with Gasteiger partial charge in [-0.2, -0.15) is 0 Å². The van der Waals surface area contributed by atoms with Crippen LogP contribution in [0.25, 0.3) is 11.0 Å². The highest BCUT2D eigenvalue weighted by Crippen LogP contribution is 2.34. The van der Waals surface area contributed by atoms with Crippen LogP contribution in [0.15, 0.2) is 12.1 Å². The number of hydrogen-bond acceptors (Lipinski definition) is 5. The number of nitrogens with two attached hydrogens (primary N) is 1. The van der Waals surface area contributed by atoms with Crippen molar-refractivity contribution in [2.24, 2.45) is 5.73 Å². The molecule has 1 aromatic heterocycles. The predicted molar refractivity (Wildman–Crippen MR) is 84.4 cm³/mol. The number of benzene rings is 1. The molecule has 0 radical (unpaired) electrons. The number of aliphatic hydroxyl groups is 1. The van der Waals surface area contributed by atoms with E-state index in [1.165, 1.54) is 0 Å². The molecular formula is C16H23N3O3. The van der Waals surface area contributed by atoms with Gasteiger partial charge in [0.25, 0.3) is 0 Å². The molecule has 0 unspecified atom stereocenters. The molecule has 0 spiro atoms. The molecule has 1 aliphatic rings. The Balaban J connectivity index is 1.91. The fourth-order valence-corrected chi connectivity index (χ4v) is 2.86. The van der Waals surface area contributed by atoms with Crippen LogP contribution in [0, 0.1) is 0 Å². The Hall–Kier alpha value is -1.79. The van der Waals surface area contributed by atoms with E-state index in [1.807, 2.05) is 12.1 Å². The maximum atomic E-state index is 9.35. The summed E-state index contributed by atoms with van der Waals surface area (Å²) in [6.45, 7) is 2.51. The molecule has 0 aliphatic carbocycles. The number of ether oxygens (including phenoxy) is 2. The van der Waals surface area contributed by atoms with E-state index in [0.29, 0.717) is 19.8 Å². The molecular weight excluding hydrogens is 282 g/mol. The van der Waals surface area contributed by atoms with Crippen molar-refractivity contribution >= 4 is 11.0 Å². The number of imidazole rings is 1. The number of fused-ring (bicyclic) bond motifs is 2. The van der Waals surface area contributed by atoms with E-state index in [9.17, 15) is 5.11 Å². The zero-order valence-corrected chi connectivity index (χ0v) is 12.8. The van der Waals surface area contributed by atoms with Crippen molar-refractivity contribution in [1.29, 1.82) is 0 Å². The number of rotatable bonds is 7. The molecule has 0 bridgehead atoms. The van der Waals surface area contributed by atoms with Crippen LogP contribution >= 0.6 is 0 Å². The highest BCUT2D eigenvalue weighted by atomic mass is 16.6. The van der Waals surface area contributed by atoms with Crippen molar-refractivity contribution < 1.29 is 14.6 Å². The summed E-state index contributed by atoms with van der Waals surface area (Å²) in [6.07, 6.45) is 4.08. The summed E-state index contributed by atoms with van der Waals surface area (Å²) in [5, 5.41) is 9.35. The third-order valence-electron chi connectivity index (χ3n) is 3.92. The average Bonchev–Trinajstić information content (AvgIpc) is 2.87. The molecule has 22 heavy (non-hydrogen) atoms. The first-order chi connectivity index (χ1) is 10.8. The Morgan fingerprint density at radius 2 is 1.91 bits per heavy atom. The van der Waals surface area contributed by atoms with E-state index >= 15 is 0 Å². The number of aliphatic hydroxyl groups excluding tert-OH is 1. The number of aryl methyl sites for hydroxylation is 1. The monoisotopic (exact) mass is 305 g/mol. The van der Waals surface area contributed by atoms with Crippen molar-refractivity contribution in [3.63, 3.8) is 0 Å². The summed E-state index contributed by atoms with van der Waals surface area (Å²) in [5.41, 5.74) is 7.42. The van der Waals surface area contributed by atoms with E-state index in [4.69, 9.17) is 20.2 Å². The average molecular weight is 305 g/mol. The molecule has 3 N–H and O–H groups in total. The summed E-state index contributed by atoms with van der Waals surface area (Å²) in [6, 6.07) is 3.90. The fourth-order valence-electron chi connectivity index (χ4n) is 2.86. The second-order valence-electron chi connectivity index (χ2n) is 5.49. The minimum absolute atomic E-state index is 0.0930. The Morgan fingerprint density at radius 3 is 2.64 bits per heavy atom. The summed E-state index contributed by atoms with van der Waals surface area (Å²) >= 11 is 0. The molecule has 0 fully saturated rings. The van der Waals surface area contributed by atoms with E-state index in [1.54, 1.807) is 0 Å². The van der Waals surface area contributed by atoms with Gasteiger partial charge in [0.15, 0.2) is 11.5 Å². The Labute approximate surface area is 129 Å². The van der Waals surface area contributed by atoms with Crippen molar-refractivity contribution in [1.82, 2.24) is 9.55 Å². The highest BCUT2D eigenvalue weighted by molar-refractivity contribution is 5.80. The Morgan fingerprint density at radius 1 is 1.14 bits per heavy atom. The molecule has 3 rings (SSSR count). The van der Waals surface area contributed by atoms with Crippen LogP contribution < -0.4 is 15.2 Å². The van der Waals surface area contributed by atoms with Gasteiger partial charge in [-0.1, -0.05) is 6.42 Å². The van der Waals surface area contributed by atoms with Crippen LogP contribution in [-0.2, 0) is 13.0 Å². The third-order valence-corrected chi connectivity index (χ3v) is 3.92. The lowest BCUT2D eigenvalue weighted by atomic mass is 10.2. The molecule has 0 amide bonds. The molecule has 6 heteroatoms. The van der Waals surface area contributed by atoms with E-state index in [-0.39, 0.29) is 6.61 Å². The summed E-state index contributed by atoms with van der Waals surface area (Å²) in [4.78, 5) is 4.72. The highest BCUT2D eigenvalue weighted by Gasteiger charge is 2.17. The normalized spacial score (nSPS) is 13.7. The van der Waals surface area contributed by atoms with Gasteiger partial charge in [0, 0.05) is 25.1 Å². The van der Waals surface area contributed by atoms with E-state index < -0.39 is 0 Å². The smallest absolute Gasteiger partial charge is 0.163 e. The van der Waals surface area contributed by atoms with Crippen molar-refractivity contribution in [3.8, 4) is 11.5 Å². The van der Waals surface area contributed by atoms with Gasteiger partial charge in [0.1, 0.15) is 19.0 Å². The van der Waals surface area contributed by atoms with E-state index in [2.05, 4.69) is 4.57 Å². The fraction of sp³-hybridized carbons (Fsp3) is 0.562. The van der Waals surface area contributed by atoms with Crippen molar-refractivity contribution in [2.45, 2.75) is 32.2 Å². The number of nitrogens with zero attached hydrogens (tertiary/aromatic N) is 2. The molecule has 6 nitrogen and oxygen atoms in total. The first-order valence-corrected chi connectivity index (χ1v) is 7.93. The minimum atomic E-state index is 0.0930. The molecule has 1 aliphatic heterocycles. The maximum Gasteiger partial charge on any atom is 0.163 e. The summed E-state index contributed by atoms with van der Waals surface area (Å²) in [7, 11) is 0. The van der Waals surface area contributed by atoms with Crippen LogP contribution in [0.2, 0.25) is 0 Å². The molecule has 1 aromatic carbocycles. The number of hydrogen-bond donors (Lipinski definition) is 2. The quantitative estimate of drug-likeness (QED) is 0.757.